The van der Waals surface area contributed by atoms with Crippen LogP contribution in [0.2, 0.25) is 0 Å². The Hall–Kier alpha value is -1.79. The summed E-state index contributed by atoms with van der Waals surface area (Å²) in [4.78, 5) is 4.65. The Morgan fingerprint density at radius 3 is 2.96 bits per heavy atom. The monoisotopic (exact) mass is 347 g/mol. The summed E-state index contributed by atoms with van der Waals surface area (Å²) in [7, 11) is 0. The molecule has 1 spiro atoms. The second-order valence-corrected chi connectivity index (χ2v) is 6.64. The van der Waals surface area contributed by atoms with Crippen molar-refractivity contribution < 1.29 is 13.9 Å². The van der Waals surface area contributed by atoms with Crippen molar-refractivity contribution in [2.24, 2.45) is 4.99 Å². The number of nitrogens with zero attached hydrogens (tertiary/aromatic N) is 1. The van der Waals surface area contributed by atoms with E-state index in [4.69, 9.17) is 13.9 Å². The van der Waals surface area contributed by atoms with E-state index in [1.807, 2.05) is 18.2 Å². The zero-order chi connectivity index (χ0) is 17.4. The van der Waals surface area contributed by atoms with Gasteiger partial charge in [0.1, 0.15) is 11.9 Å². The van der Waals surface area contributed by atoms with Crippen LogP contribution in [-0.4, -0.2) is 44.1 Å². The van der Waals surface area contributed by atoms with Gasteiger partial charge in [-0.25, -0.2) is 0 Å². The van der Waals surface area contributed by atoms with Crippen LogP contribution in [0.1, 0.15) is 37.9 Å². The van der Waals surface area contributed by atoms with Crippen molar-refractivity contribution in [1.29, 1.82) is 0 Å². The topological polar surface area (TPSA) is 68.0 Å². The van der Waals surface area contributed by atoms with E-state index in [2.05, 4.69) is 22.2 Å². The largest absolute Gasteiger partial charge is 0.469 e. The molecule has 1 aliphatic carbocycles. The van der Waals surface area contributed by atoms with E-state index in [0.29, 0.717) is 19.7 Å². The summed E-state index contributed by atoms with van der Waals surface area (Å²) in [6.45, 7) is 6.38. The second kappa shape index (κ2) is 9.06. The fourth-order valence-electron chi connectivity index (χ4n) is 3.35. The van der Waals surface area contributed by atoms with Crippen LogP contribution >= 0.6 is 0 Å². The molecule has 6 nitrogen and oxygen atoms in total. The van der Waals surface area contributed by atoms with Crippen molar-refractivity contribution in [1.82, 2.24) is 10.6 Å². The van der Waals surface area contributed by atoms with Gasteiger partial charge in [0.2, 0.25) is 0 Å². The van der Waals surface area contributed by atoms with E-state index in [9.17, 15) is 0 Å². The number of aliphatic imine (C=N–C) groups is 1. The van der Waals surface area contributed by atoms with Crippen LogP contribution in [0.25, 0.3) is 0 Å². The first kappa shape index (κ1) is 18.0. The molecular weight excluding hydrogens is 318 g/mol. The average molecular weight is 347 g/mol. The smallest absolute Gasteiger partial charge is 0.191 e. The second-order valence-electron chi connectivity index (χ2n) is 6.64. The number of furan rings is 1. The maximum absolute atomic E-state index is 6.19. The molecule has 0 radical (unpaired) electrons. The quantitative estimate of drug-likeness (QED) is 0.451. The van der Waals surface area contributed by atoms with Crippen LogP contribution in [-0.2, 0) is 15.9 Å². The van der Waals surface area contributed by atoms with Gasteiger partial charge >= 0.3 is 0 Å². The molecule has 2 aliphatic rings. The zero-order valence-corrected chi connectivity index (χ0v) is 14.8. The van der Waals surface area contributed by atoms with Gasteiger partial charge < -0.3 is 24.5 Å². The van der Waals surface area contributed by atoms with Crippen molar-refractivity contribution >= 4 is 5.96 Å². The molecule has 25 heavy (non-hydrogen) atoms. The van der Waals surface area contributed by atoms with Crippen LogP contribution < -0.4 is 10.6 Å². The van der Waals surface area contributed by atoms with Crippen molar-refractivity contribution in [3.63, 3.8) is 0 Å². The van der Waals surface area contributed by atoms with Crippen LogP contribution in [0.5, 0.6) is 0 Å². The zero-order valence-electron chi connectivity index (χ0n) is 14.8. The number of hydrogen-bond acceptors (Lipinski definition) is 4. The van der Waals surface area contributed by atoms with Gasteiger partial charge in [0.15, 0.2) is 11.7 Å². The average Bonchev–Trinajstić information content (AvgIpc) is 3.28. The maximum Gasteiger partial charge on any atom is 0.191 e. The summed E-state index contributed by atoms with van der Waals surface area (Å²) in [6, 6.07) is 3.88. The first-order valence-electron chi connectivity index (χ1n) is 9.27. The number of guanidine groups is 1. The third-order valence-corrected chi connectivity index (χ3v) is 4.64. The fraction of sp³-hybridized carbons (Fsp3) is 0.632. The Kier molecular flexibility index (Phi) is 6.53. The molecule has 6 heteroatoms. The Balaban J connectivity index is 1.47. The molecule has 2 N–H and O–H groups in total. The van der Waals surface area contributed by atoms with E-state index in [1.165, 1.54) is 19.3 Å². The van der Waals surface area contributed by atoms with E-state index >= 15 is 0 Å². The summed E-state index contributed by atoms with van der Waals surface area (Å²) in [5.74, 6) is 1.39. The molecule has 1 aromatic rings. The molecule has 1 aliphatic heterocycles. The molecule has 1 atom stereocenters. The lowest BCUT2D eigenvalue weighted by Crippen LogP contribution is -2.39. The van der Waals surface area contributed by atoms with E-state index in [0.717, 1.165) is 37.5 Å². The molecule has 0 amide bonds. The van der Waals surface area contributed by atoms with E-state index < -0.39 is 0 Å². The van der Waals surface area contributed by atoms with Gasteiger partial charge in [-0.2, -0.15) is 0 Å². The highest BCUT2D eigenvalue weighted by molar-refractivity contribution is 5.79. The predicted molar refractivity (Wildman–Crippen MR) is 97.6 cm³/mol. The number of nitrogens with one attached hydrogen (secondary N) is 2. The van der Waals surface area contributed by atoms with Crippen molar-refractivity contribution in [3.05, 3.63) is 36.8 Å². The Morgan fingerprint density at radius 1 is 1.32 bits per heavy atom. The minimum absolute atomic E-state index is 0.0329. The highest BCUT2D eigenvalue weighted by Crippen LogP contribution is 2.37. The molecular formula is C19H29N3O3. The molecule has 1 saturated heterocycles. The standard InChI is InChI=1S/C19H29N3O3/c1-2-11-20-18(21-12-8-16-7-6-13-23-16)22-14-17-15-24-19(25-17)9-4-3-5-10-19/h2,6-7,13,17H,1,3-5,8-12,14-15H2,(H2,20,21,22). The minimum atomic E-state index is -0.333. The Morgan fingerprint density at radius 2 is 2.20 bits per heavy atom. The molecule has 2 heterocycles. The lowest BCUT2D eigenvalue weighted by molar-refractivity contribution is -0.186. The molecule has 1 saturated carbocycles. The lowest BCUT2D eigenvalue weighted by Gasteiger charge is -2.31. The number of rotatable bonds is 7. The lowest BCUT2D eigenvalue weighted by atomic mass is 9.94. The van der Waals surface area contributed by atoms with Crippen molar-refractivity contribution in [2.75, 3.05) is 26.2 Å². The van der Waals surface area contributed by atoms with Gasteiger partial charge in [0.05, 0.1) is 19.4 Å². The molecule has 1 unspecified atom stereocenters. The first-order valence-corrected chi connectivity index (χ1v) is 9.27. The summed E-state index contributed by atoms with van der Waals surface area (Å²) in [5, 5.41) is 6.56. The summed E-state index contributed by atoms with van der Waals surface area (Å²) < 4.78 is 17.5. The Labute approximate surface area is 149 Å². The van der Waals surface area contributed by atoms with Crippen LogP contribution in [0.4, 0.5) is 0 Å². The van der Waals surface area contributed by atoms with Gasteiger partial charge in [0.25, 0.3) is 0 Å². The fourth-order valence-corrected chi connectivity index (χ4v) is 3.35. The Bertz CT molecular complexity index is 550. The summed E-state index contributed by atoms with van der Waals surface area (Å²) >= 11 is 0. The van der Waals surface area contributed by atoms with E-state index in [-0.39, 0.29) is 11.9 Å². The molecule has 138 valence electrons. The third-order valence-electron chi connectivity index (χ3n) is 4.64. The molecule has 0 bridgehead atoms. The first-order chi connectivity index (χ1) is 12.3. The van der Waals surface area contributed by atoms with Gasteiger partial charge in [-0.3, -0.25) is 4.99 Å². The predicted octanol–water partition coefficient (Wildman–Crippen LogP) is 2.62. The van der Waals surface area contributed by atoms with Gasteiger partial charge in [-0.15, -0.1) is 6.58 Å². The van der Waals surface area contributed by atoms with E-state index in [1.54, 1.807) is 6.26 Å². The highest BCUT2D eigenvalue weighted by atomic mass is 16.7. The highest BCUT2D eigenvalue weighted by Gasteiger charge is 2.42. The maximum atomic E-state index is 6.19. The number of hydrogen-bond donors (Lipinski definition) is 2. The SMILES string of the molecule is C=CCNC(=NCC1COC2(CCCCC2)O1)NCCc1ccco1. The van der Waals surface area contributed by atoms with Gasteiger partial charge in [0, 0.05) is 32.4 Å². The van der Waals surface area contributed by atoms with Crippen molar-refractivity contribution in [3.8, 4) is 0 Å². The summed E-state index contributed by atoms with van der Waals surface area (Å²) in [6.07, 6.45) is 10.0. The van der Waals surface area contributed by atoms with Gasteiger partial charge in [-0.1, -0.05) is 12.5 Å². The molecule has 1 aromatic heterocycles. The van der Waals surface area contributed by atoms with Gasteiger partial charge in [-0.05, 0) is 25.0 Å². The number of ether oxygens (including phenoxy) is 2. The van der Waals surface area contributed by atoms with Crippen molar-refractivity contribution in [2.45, 2.75) is 50.4 Å². The van der Waals surface area contributed by atoms with Crippen LogP contribution in [0, 0.1) is 0 Å². The molecule has 2 fully saturated rings. The normalized spacial score (nSPS) is 22.9. The molecule has 3 rings (SSSR count). The van der Waals surface area contributed by atoms with Crippen LogP contribution in [0.15, 0.2) is 40.5 Å². The molecule has 0 aromatic carbocycles. The van der Waals surface area contributed by atoms with Crippen LogP contribution in [0.3, 0.4) is 0 Å². The minimum Gasteiger partial charge on any atom is -0.469 e. The summed E-state index contributed by atoms with van der Waals surface area (Å²) in [5.41, 5.74) is 0. The third kappa shape index (κ3) is 5.34.